The van der Waals surface area contributed by atoms with Gasteiger partial charge in [-0.2, -0.15) is 0 Å². The Morgan fingerprint density at radius 1 is 1.55 bits per heavy atom. The summed E-state index contributed by atoms with van der Waals surface area (Å²) in [5.74, 6) is 0. The van der Waals surface area contributed by atoms with Gasteiger partial charge in [0.25, 0.3) is 0 Å². The Labute approximate surface area is 82.7 Å². The van der Waals surface area contributed by atoms with E-state index >= 15 is 0 Å². The fourth-order valence-electron chi connectivity index (χ4n) is 0.790. The predicted octanol–water partition coefficient (Wildman–Crippen LogP) is -3.48. The number of halogens is 1. The molecule has 1 heterocycles. The molecule has 0 aliphatic rings. The molecular weight excluding hydrogens is 255 g/mol. The van der Waals surface area contributed by atoms with E-state index in [1.807, 2.05) is 18.5 Å². The zero-order chi connectivity index (χ0) is 7.72. The fraction of sp³-hybridized carbons (Fsp3) is 0.429. The quantitative estimate of drug-likeness (QED) is 0.354. The third-order valence-corrected chi connectivity index (χ3v) is 1.58. The molecule has 0 unspecified atom stereocenters. The van der Waals surface area contributed by atoms with Gasteiger partial charge in [-0.15, -0.1) is 0 Å². The van der Waals surface area contributed by atoms with E-state index in [1.54, 1.807) is 24.0 Å². The average Bonchev–Trinajstić information content (AvgIpc) is 1.84. The molecule has 3 nitrogen and oxygen atoms in total. The van der Waals surface area contributed by atoms with E-state index in [-0.39, 0.29) is 29.5 Å². The number of rotatable bonds is 0. The van der Waals surface area contributed by atoms with E-state index in [4.69, 9.17) is 0 Å². The third-order valence-electron chi connectivity index (χ3n) is 1.58. The van der Waals surface area contributed by atoms with Crippen molar-refractivity contribution in [3.05, 3.63) is 28.4 Å². The second-order valence-corrected chi connectivity index (χ2v) is 2.46. The molecule has 0 saturated heterocycles. The van der Waals surface area contributed by atoms with E-state index in [2.05, 4.69) is 0 Å². The molecule has 0 saturated carbocycles. The molecule has 0 spiro atoms. The molecule has 0 amide bonds. The van der Waals surface area contributed by atoms with Crippen molar-refractivity contribution in [2.24, 2.45) is 14.1 Å². The standard InChI is InChI=1S/C7H11N2O.HI/c1-6-4-7(10)9(3)5-8(6)2;/h4-5H,1-3H3;1H/q+1;/p-1. The highest BCUT2D eigenvalue weighted by atomic mass is 127. The van der Waals surface area contributed by atoms with Gasteiger partial charge < -0.3 is 24.0 Å². The van der Waals surface area contributed by atoms with Gasteiger partial charge >= 0.3 is 5.56 Å². The largest absolute Gasteiger partial charge is 1.00 e. The maximum Gasteiger partial charge on any atom is 0.337 e. The van der Waals surface area contributed by atoms with Crippen LogP contribution in [0.4, 0.5) is 0 Å². The van der Waals surface area contributed by atoms with Crippen LogP contribution in [-0.4, -0.2) is 4.57 Å². The molecule has 0 radical (unpaired) electrons. The molecule has 0 fully saturated rings. The first-order chi connectivity index (χ1) is 4.61. The van der Waals surface area contributed by atoms with Crippen molar-refractivity contribution in [3.63, 3.8) is 0 Å². The minimum atomic E-state index is 0. The van der Waals surface area contributed by atoms with E-state index in [1.165, 1.54) is 0 Å². The highest BCUT2D eigenvalue weighted by Crippen LogP contribution is 1.77. The highest BCUT2D eigenvalue weighted by Gasteiger charge is 2.00. The molecule has 4 heteroatoms. The summed E-state index contributed by atoms with van der Waals surface area (Å²) in [4.78, 5) is 10.9. The van der Waals surface area contributed by atoms with Crippen LogP contribution in [0.5, 0.6) is 0 Å². The van der Waals surface area contributed by atoms with Crippen molar-refractivity contribution in [1.29, 1.82) is 0 Å². The van der Waals surface area contributed by atoms with Gasteiger partial charge in [-0.1, -0.05) is 0 Å². The van der Waals surface area contributed by atoms with Gasteiger partial charge in [-0.3, -0.25) is 0 Å². The van der Waals surface area contributed by atoms with E-state index in [0.717, 1.165) is 5.69 Å². The maximum absolute atomic E-state index is 10.9. The van der Waals surface area contributed by atoms with Crippen LogP contribution in [0.25, 0.3) is 0 Å². The van der Waals surface area contributed by atoms with Gasteiger partial charge in [-0.25, -0.2) is 13.9 Å². The Bertz CT molecular complexity index is 306. The van der Waals surface area contributed by atoms with Gasteiger partial charge in [0.15, 0.2) is 0 Å². The van der Waals surface area contributed by atoms with Crippen LogP contribution in [-0.2, 0) is 14.1 Å². The number of nitrogens with zero attached hydrogens (tertiary/aromatic N) is 2. The van der Waals surface area contributed by atoms with Crippen LogP contribution in [0.2, 0.25) is 0 Å². The van der Waals surface area contributed by atoms with Gasteiger partial charge in [0.1, 0.15) is 5.69 Å². The predicted molar refractivity (Wildman–Crippen MR) is 37.6 cm³/mol. The molecule has 11 heavy (non-hydrogen) atoms. The van der Waals surface area contributed by atoms with Crippen LogP contribution in [0.15, 0.2) is 17.2 Å². The Hall–Kier alpha value is -0.390. The Morgan fingerprint density at radius 3 is 2.55 bits per heavy atom. The Kier molecular flexibility index (Phi) is 3.71. The lowest BCUT2D eigenvalue weighted by atomic mass is 10.4. The summed E-state index contributed by atoms with van der Waals surface area (Å²) in [5, 5.41) is 0. The minimum absolute atomic E-state index is 0. The third kappa shape index (κ3) is 2.28. The van der Waals surface area contributed by atoms with Gasteiger partial charge in [-0.05, 0) is 6.92 Å². The van der Waals surface area contributed by atoms with Crippen molar-refractivity contribution < 1.29 is 28.5 Å². The topological polar surface area (TPSA) is 25.9 Å². The molecule has 1 aromatic rings. The number of hydrogen-bond donors (Lipinski definition) is 0. The lowest BCUT2D eigenvalue weighted by molar-refractivity contribution is -0.682. The van der Waals surface area contributed by atoms with Gasteiger partial charge in [0.05, 0.1) is 20.2 Å². The molecule has 1 aromatic heterocycles. The second kappa shape index (κ2) is 3.85. The molecule has 0 aliphatic heterocycles. The van der Waals surface area contributed by atoms with Crippen molar-refractivity contribution in [2.45, 2.75) is 6.92 Å². The normalized spacial score (nSPS) is 9.00. The number of aryl methyl sites for hydroxylation is 3. The fourth-order valence-corrected chi connectivity index (χ4v) is 0.790. The lowest BCUT2D eigenvalue weighted by Crippen LogP contribution is -3.00. The summed E-state index contributed by atoms with van der Waals surface area (Å²) in [7, 11) is 3.65. The van der Waals surface area contributed by atoms with Crippen LogP contribution >= 0.6 is 0 Å². The van der Waals surface area contributed by atoms with Crippen LogP contribution in [0.1, 0.15) is 5.69 Å². The maximum atomic E-state index is 10.9. The zero-order valence-electron chi connectivity index (χ0n) is 6.84. The molecule has 0 N–H and O–H groups in total. The molecule has 0 atom stereocenters. The molecule has 0 aliphatic carbocycles. The SMILES string of the molecule is Cc1cc(=O)n(C)c[n+]1C.[I-]. The minimum Gasteiger partial charge on any atom is -1.00 e. The molecule has 0 bridgehead atoms. The number of aromatic nitrogens is 2. The van der Waals surface area contributed by atoms with Crippen LogP contribution in [0.3, 0.4) is 0 Å². The smallest absolute Gasteiger partial charge is 0.337 e. The molecular formula is C7H11IN2O. The van der Waals surface area contributed by atoms with Crippen LogP contribution in [0, 0.1) is 6.92 Å². The zero-order valence-corrected chi connectivity index (χ0v) is 8.99. The molecule has 62 valence electrons. The van der Waals surface area contributed by atoms with Crippen LogP contribution < -0.4 is 34.1 Å². The van der Waals surface area contributed by atoms with Crippen molar-refractivity contribution in [1.82, 2.24) is 4.57 Å². The molecule has 0 aromatic carbocycles. The summed E-state index contributed by atoms with van der Waals surface area (Å²) in [6.07, 6.45) is 1.76. The monoisotopic (exact) mass is 266 g/mol. The van der Waals surface area contributed by atoms with Crippen molar-refractivity contribution in [3.8, 4) is 0 Å². The highest BCUT2D eigenvalue weighted by molar-refractivity contribution is 4.88. The lowest BCUT2D eigenvalue weighted by Gasteiger charge is -1.95. The first-order valence-corrected chi connectivity index (χ1v) is 3.14. The van der Waals surface area contributed by atoms with Crippen molar-refractivity contribution >= 4 is 0 Å². The van der Waals surface area contributed by atoms with Crippen molar-refractivity contribution in [2.75, 3.05) is 0 Å². The summed E-state index contributed by atoms with van der Waals surface area (Å²) in [5.41, 5.74) is 1.01. The van der Waals surface area contributed by atoms with E-state index in [9.17, 15) is 4.79 Å². The van der Waals surface area contributed by atoms with Gasteiger partial charge in [0.2, 0.25) is 6.33 Å². The van der Waals surface area contributed by atoms with E-state index in [0.29, 0.717) is 0 Å². The summed E-state index contributed by atoms with van der Waals surface area (Å²) in [6.45, 7) is 1.90. The average molecular weight is 266 g/mol. The van der Waals surface area contributed by atoms with Gasteiger partial charge in [0, 0.05) is 0 Å². The summed E-state index contributed by atoms with van der Waals surface area (Å²) >= 11 is 0. The Balaban J connectivity index is 0.000001000. The Morgan fingerprint density at radius 2 is 2.09 bits per heavy atom. The first-order valence-electron chi connectivity index (χ1n) is 3.14. The first kappa shape index (κ1) is 10.6. The van der Waals surface area contributed by atoms with E-state index < -0.39 is 0 Å². The summed E-state index contributed by atoms with van der Waals surface area (Å²) in [6, 6.07) is 1.61. The summed E-state index contributed by atoms with van der Waals surface area (Å²) < 4.78 is 3.45. The second-order valence-electron chi connectivity index (χ2n) is 2.46. The molecule has 1 rings (SSSR count). The number of hydrogen-bond acceptors (Lipinski definition) is 1.